The van der Waals surface area contributed by atoms with E-state index < -0.39 is 0 Å². The Morgan fingerprint density at radius 1 is 1.04 bits per heavy atom. The number of hydrogen-bond donors (Lipinski definition) is 0. The van der Waals surface area contributed by atoms with Crippen LogP contribution in [0.4, 0.5) is 0 Å². The Bertz CT molecular complexity index is 566. The van der Waals surface area contributed by atoms with Crippen LogP contribution in [0.1, 0.15) is 68.9 Å². The SMILES string of the molecule is CN(C)Cc1nnc(C2CCN(C(=O)C3CCCCCC3)CC2)n1C. The van der Waals surface area contributed by atoms with Gasteiger partial charge in [-0.1, -0.05) is 25.7 Å². The van der Waals surface area contributed by atoms with Gasteiger partial charge < -0.3 is 14.4 Å². The third kappa shape index (κ3) is 4.40. The minimum Gasteiger partial charge on any atom is -0.342 e. The lowest BCUT2D eigenvalue weighted by molar-refractivity contribution is -0.137. The van der Waals surface area contributed by atoms with Crippen molar-refractivity contribution in [3.8, 4) is 0 Å². The van der Waals surface area contributed by atoms with Crippen LogP contribution in [0.15, 0.2) is 0 Å². The van der Waals surface area contributed by atoms with Gasteiger partial charge in [-0.15, -0.1) is 10.2 Å². The number of aromatic nitrogens is 3. The zero-order chi connectivity index (χ0) is 17.8. The topological polar surface area (TPSA) is 54.3 Å². The first-order chi connectivity index (χ1) is 12.1. The largest absolute Gasteiger partial charge is 0.342 e. The fourth-order valence-electron chi connectivity index (χ4n) is 4.29. The second-order valence-electron chi connectivity index (χ2n) is 8.06. The Hall–Kier alpha value is -1.43. The summed E-state index contributed by atoms with van der Waals surface area (Å²) in [6.45, 7) is 2.55. The number of likely N-dealkylation sites (tertiary alicyclic amines) is 1. The molecule has 0 spiro atoms. The summed E-state index contributed by atoms with van der Waals surface area (Å²) in [5, 5.41) is 8.81. The molecule has 3 rings (SSSR count). The molecule has 0 atom stereocenters. The van der Waals surface area contributed by atoms with Crippen LogP contribution >= 0.6 is 0 Å². The van der Waals surface area contributed by atoms with E-state index >= 15 is 0 Å². The van der Waals surface area contributed by atoms with Crippen LogP contribution in [0.25, 0.3) is 0 Å². The number of hydrogen-bond acceptors (Lipinski definition) is 4. The van der Waals surface area contributed by atoms with Gasteiger partial charge in [0, 0.05) is 32.0 Å². The van der Waals surface area contributed by atoms with Crippen molar-refractivity contribution in [3.05, 3.63) is 11.6 Å². The van der Waals surface area contributed by atoms with Gasteiger partial charge >= 0.3 is 0 Å². The van der Waals surface area contributed by atoms with E-state index in [9.17, 15) is 4.79 Å². The molecule has 1 saturated heterocycles. The number of carbonyl (C=O) groups excluding carboxylic acids is 1. The van der Waals surface area contributed by atoms with Crippen LogP contribution in [0.2, 0.25) is 0 Å². The van der Waals surface area contributed by atoms with E-state index in [1.54, 1.807) is 0 Å². The molecule has 0 unspecified atom stereocenters. The highest BCUT2D eigenvalue weighted by Gasteiger charge is 2.30. The first-order valence-electron chi connectivity index (χ1n) is 9.88. The molecule has 1 aliphatic carbocycles. The Morgan fingerprint density at radius 3 is 2.28 bits per heavy atom. The first-order valence-corrected chi connectivity index (χ1v) is 9.88. The van der Waals surface area contributed by atoms with E-state index in [0.29, 0.717) is 11.8 Å². The number of rotatable bonds is 4. The molecule has 2 aliphatic rings. The molecule has 25 heavy (non-hydrogen) atoms. The zero-order valence-corrected chi connectivity index (χ0v) is 16.1. The Morgan fingerprint density at radius 2 is 1.68 bits per heavy atom. The standard InChI is InChI=1S/C19H33N5O/c1-22(2)14-17-20-21-18(23(17)3)15-10-12-24(13-11-15)19(25)16-8-6-4-5-7-9-16/h15-16H,4-14H2,1-3H3. The van der Waals surface area contributed by atoms with Gasteiger partial charge in [-0.2, -0.15) is 0 Å². The predicted octanol–water partition coefficient (Wildman–Crippen LogP) is 2.55. The molecule has 6 heteroatoms. The van der Waals surface area contributed by atoms with Gasteiger partial charge in [-0.3, -0.25) is 4.79 Å². The fourth-order valence-corrected chi connectivity index (χ4v) is 4.29. The third-order valence-electron chi connectivity index (χ3n) is 5.83. The van der Waals surface area contributed by atoms with E-state index in [0.717, 1.165) is 57.0 Å². The van der Waals surface area contributed by atoms with Crippen LogP contribution in [-0.4, -0.2) is 57.7 Å². The minimum atomic E-state index is 0.278. The van der Waals surface area contributed by atoms with Crippen LogP contribution in [-0.2, 0) is 18.4 Å². The summed E-state index contributed by atoms with van der Waals surface area (Å²) in [5.74, 6) is 3.20. The van der Waals surface area contributed by atoms with Gasteiger partial charge in [0.2, 0.25) is 5.91 Å². The summed E-state index contributed by atoms with van der Waals surface area (Å²) in [7, 11) is 6.16. The molecule has 1 aromatic rings. The summed E-state index contributed by atoms with van der Waals surface area (Å²) in [6.07, 6.45) is 9.24. The monoisotopic (exact) mass is 347 g/mol. The summed E-state index contributed by atoms with van der Waals surface area (Å²) in [5.41, 5.74) is 0. The molecule has 6 nitrogen and oxygen atoms in total. The molecule has 1 saturated carbocycles. The molecular formula is C19H33N5O. The molecule has 1 amide bonds. The minimum absolute atomic E-state index is 0.278. The van der Waals surface area contributed by atoms with Gasteiger partial charge in [-0.25, -0.2) is 0 Å². The molecule has 1 aromatic heterocycles. The zero-order valence-electron chi connectivity index (χ0n) is 16.1. The highest BCUT2D eigenvalue weighted by molar-refractivity contribution is 5.79. The van der Waals surface area contributed by atoms with E-state index in [1.807, 2.05) is 14.1 Å². The summed E-state index contributed by atoms with van der Waals surface area (Å²) < 4.78 is 2.15. The van der Waals surface area contributed by atoms with E-state index in [2.05, 4.69) is 31.6 Å². The second kappa shape index (κ2) is 8.30. The highest BCUT2D eigenvalue weighted by atomic mass is 16.2. The fraction of sp³-hybridized carbons (Fsp3) is 0.842. The molecule has 2 heterocycles. The van der Waals surface area contributed by atoms with E-state index in [4.69, 9.17) is 0 Å². The van der Waals surface area contributed by atoms with Gasteiger partial charge in [-0.05, 0) is 39.8 Å². The molecule has 1 aliphatic heterocycles. The summed E-state index contributed by atoms with van der Waals surface area (Å²) in [4.78, 5) is 17.1. The Balaban J connectivity index is 1.56. The van der Waals surface area contributed by atoms with Crippen molar-refractivity contribution in [1.82, 2.24) is 24.6 Å². The van der Waals surface area contributed by atoms with Crippen molar-refractivity contribution >= 4 is 5.91 Å². The van der Waals surface area contributed by atoms with Gasteiger partial charge in [0.25, 0.3) is 0 Å². The predicted molar refractivity (Wildman–Crippen MR) is 98.1 cm³/mol. The lowest BCUT2D eigenvalue weighted by Crippen LogP contribution is -2.41. The normalized spacial score (nSPS) is 20.9. The van der Waals surface area contributed by atoms with E-state index in [-0.39, 0.29) is 5.92 Å². The van der Waals surface area contributed by atoms with Crippen molar-refractivity contribution in [1.29, 1.82) is 0 Å². The maximum Gasteiger partial charge on any atom is 0.225 e. The molecule has 0 bridgehead atoms. The molecule has 140 valence electrons. The summed E-state index contributed by atoms with van der Waals surface area (Å²) >= 11 is 0. The smallest absolute Gasteiger partial charge is 0.225 e. The Labute approximate surface area is 151 Å². The van der Waals surface area contributed by atoms with Gasteiger partial charge in [0.05, 0.1) is 6.54 Å². The second-order valence-corrected chi connectivity index (χ2v) is 8.06. The number of amides is 1. The van der Waals surface area contributed by atoms with Gasteiger partial charge in [0.1, 0.15) is 11.6 Å². The van der Waals surface area contributed by atoms with Gasteiger partial charge in [0.15, 0.2) is 0 Å². The molecule has 0 radical (unpaired) electrons. The highest BCUT2D eigenvalue weighted by Crippen LogP contribution is 2.30. The van der Waals surface area contributed by atoms with Crippen LogP contribution in [0, 0.1) is 5.92 Å². The van der Waals surface area contributed by atoms with Crippen molar-refractivity contribution < 1.29 is 4.79 Å². The quantitative estimate of drug-likeness (QED) is 0.786. The Kier molecular flexibility index (Phi) is 6.10. The van der Waals surface area contributed by atoms with Crippen molar-refractivity contribution in [3.63, 3.8) is 0 Å². The summed E-state index contributed by atoms with van der Waals surface area (Å²) in [6, 6.07) is 0. The van der Waals surface area contributed by atoms with Crippen molar-refractivity contribution in [2.24, 2.45) is 13.0 Å². The van der Waals surface area contributed by atoms with Crippen LogP contribution in [0.5, 0.6) is 0 Å². The average Bonchev–Trinajstić information content (AvgIpc) is 2.80. The number of piperidine rings is 1. The lowest BCUT2D eigenvalue weighted by Gasteiger charge is -2.33. The average molecular weight is 348 g/mol. The maximum atomic E-state index is 12.8. The van der Waals surface area contributed by atoms with Crippen LogP contribution in [0.3, 0.4) is 0 Å². The first kappa shape index (κ1) is 18.4. The maximum absolute atomic E-state index is 12.8. The molecule has 0 aromatic carbocycles. The third-order valence-corrected chi connectivity index (χ3v) is 5.83. The molecule has 2 fully saturated rings. The molecule has 0 N–H and O–H groups in total. The van der Waals surface area contributed by atoms with E-state index in [1.165, 1.54) is 25.7 Å². The number of carbonyl (C=O) groups is 1. The van der Waals surface area contributed by atoms with Crippen molar-refractivity contribution in [2.75, 3.05) is 27.2 Å². The van der Waals surface area contributed by atoms with Crippen LogP contribution < -0.4 is 0 Å². The lowest BCUT2D eigenvalue weighted by atomic mass is 9.93. The van der Waals surface area contributed by atoms with Crippen molar-refractivity contribution in [2.45, 2.75) is 63.8 Å². The molecular weight excluding hydrogens is 314 g/mol. The number of nitrogens with zero attached hydrogens (tertiary/aromatic N) is 5.